The summed E-state index contributed by atoms with van der Waals surface area (Å²) in [7, 11) is -4.31. The van der Waals surface area contributed by atoms with Gasteiger partial charge in [0.1, 0.15) is 4.90 Å². The molecule has 0 bridgehead atoms. The minimum atomic E-state index is -4.31. The van der Waals surface area contributed by atoms with Crippen molar-refractivity contribution in [1.82, 2.24) is 0 Å². The van der Waals surface area contributed by atoms with Crippen LogP contribution in [-0.4, -0.2) is 13.0 Å². The smallest absolute Gasteiger partial charge is 0.297 e. The molecule has 0 heterocycles. The first kappa shape index (κ1) is 10.9. The summed E-state index contributed by atoms with van der Waals surface area (Å²) < 4.78 is 31.8. The quantitative estimate of drug-likeness (QED) is 0.587. The second-order valence-corrected chi connectivity index (χ2v) is 4.99. The van der Waals surface area contributed by atoms with E-state index in [1.807, 2.05) is 0 Å². The second kappa shape index (κ2) is 3.47. The van der Waals surface area contributed by atoms with Crippen molar-refractivity contribution in [3.63, 3.8) is 0 Å². The number of fused-ring (bicyclic) bond motifs is 1. The number of aryl methyl sites for hydroxylation is 1. The van der Waals surface area contributed by atoms with Gasteiger partial charge < -0.3 is 5.73 Å². The molecule has 0 spiro atoms. The molecule has 0 atom stereocenters. The Bertz CT molecular complexity index is 662. The van der Waals surface area contributed by atoms with E-state index in [0.717, 1.165) is 5.39 Å². The van der Waals surface area contributed by atoms with Gasteiger partial charge in [0.05, 0.1) is 5.69 Å². The van der Waals surface area contributed by atoms with Crippen molar-refractivity contribution in [2.24, 2.45) is 0 Å². The molecule has 0 aliphatic carbocycles. The average molecular weight is 237 g/mol. The molecule has 84 valence electrons. The van der Waals surface area contributed by atoms with Crippen molar-refractivity contribution < 1.29 is 13.0 Å². The fourth-order valence-electron chi connectivity index (χ4n) is 1.74. The molecular weight excluding hydrogens is 226 g/mol. The van der Waals surface area contributed by atoms with E-state index in [1.54, 1.807) is 37.3 Å². The second-order valence-electron chi connectivity index (χ2n) is 3.63. The maximum absolute atomic E-state index is 11.3. The van der Waals surface area contributed by atoms with Crippen molar-refractivity contribution in [2.45, 2.75) is 11.8 Å². The molecule has 2 rings (SSSR count). The third kappa shape index (κ3) is 1.64. The lowest BCUT2D eigenvalue weighted by molar-refractivity contribution is 0.484. The number of benzene rings is 2. The molecule has 0 fully saturated rings. The summed E-state index contributed by atoms with van der Waals surface area (Å²) in [5.41, 5.74) is 6.42. The molecule has 0 saturated carbocycles. The Labute approximate surface area is 93.4 Å². The number of nitrogen functional groups attached to an aromatic ring is 1. The van der Waals surface area contributed by atoms with Gasteiger partial charge in [-0.3, -0.25) is 4.55 Å². The van der Waals surface area contributed by atoms with E-state index in [0.29, 0.717) is 10.9 Å². The van der Waals surface area contributed by atoms with E-state index in [9.17, 15) is 13.0 Å². The molecule has 5 heteroatoms. The molecule has 4 nitrogen and oxygen atoms in total. The van der Waals surface area contributed by atoms with Gasteiger partial charge in [0.15, 0.2) is 0 Å². The predicted octanol–water partition coefficient (Wildman–Crippen LogP) is 1.98. The van der Waals surface area contributed by atoms with Crippen LogP contribution in [0.5, 0.6) is 0 Å². The van der Waals surface area contributed by atoms with Gasteiger partial charge >= 0.3 is 0 Å². The lowest BCUT2D eigenvalue weighted by Gasteiger charge is -2.10. The summed E-state index contributed by atoms with van der Waals surface area (Å²) in [5, 5.41) is 1.18. The van der Waals surface area contributed by atoms with Gasteiger partial charge in [0.25, 0.3) is 10.1 Å². The summed E-state index contributed by atoms with van der Waals surface area (Å²) in [6.45, 7) is 1.70. The Morgan fingerprint density at radius 2 is 1.88 bits per heavy atom. The first-order chi connectivity index (χ1) is 7.41. The fourth-order valence-corrected chi connectivity index (χ4v) is 2.65. The van der Waals surface area contributed by atoms with E-state index >= 15 is 0 Å². The van der Waals surface area contributed by atoms with Crippen LogP contribution >= 0.6 is 0 Å². The van der Waals surface area contributed by atoms with Crippen LogP contribution in [0.4, 0.5) is 5.69 Å². The molecule has 0 aromatic heterocycles. The zero-order valence-electron chi connectivity index (χ0n) is 8.64. The molecule has 2 aromatic rings. The van der Waals surface area contributed by atoms with Gasteiger partial charge in [-0.1, -0.05) is 24.3 Å². The zero-order valence-corrected chi connectivity index (χ0v) is 9.45. The summed E-state index contributed by atoms with van der Waals surface area (Å²) in [6, 6.07) is 8.68. The number of rotatable bonds is 1. The van der Waals surface area contributed by atoms with Gasteiger partial charge in [-0.15, -0.1) is 0 Å². The van der Waals surface area contributed by atoms with Gasteiger partial charge in [-0.2, -0.15) is 8.42 Å². The Hall–Kier alpha value is -1.59. The molecule has 16 heavy (non-hydrogen) atoms. The van der Waals surface area contributed by atoms with E-state index < -0.39 is 10.1 Å². The minimum Gasteiger partial charge on any atom is -0.397 e. The van der Waals surface area contributed by atoms with Gasteiger partial charge in [0, 0.05) is 5.39 Å². The molecule has 0 aliphatic rings. The standard InChI is InChI=1S/C11H11NO3S/c1-7-6-8-4-2-3-5-9(8)11(10(7)12)16(13,14)15/h2-6H,12H2,1H3,(H,13,14,15). The highest BCUT2D eigenvalue weighted by Gasteiger charge is 2.19. The lowest BCUT2D eigenvalue weighted by atomic mass is 10.1. The molecule has 2 aromatic carbocycles. The van der Waals surface area contributed by atoms with Crippen LogP contribution in [0, 0.1) is 6.92 Å². The summed E-state index contributed by atoms with van der Waals surface area (Å²) in [6.07, 6.45) is 0. The van der Waals surface area contributed by atoms with Crippen molar-refractivity contribution in [3.8, 4) is 0 Å². The maximum atomic E-state index is 11.3. The van der Waals surface area contributed by atoms with E-state index in [1.165, 1.54) is 0 Å². The Balaban J connectivity index is 3.05. The van der Waals surface area contributed by atoms with Crippen LogP contribution in [-0.2, 0) is 10.1 Å². The minimum absolute atomic E-state index is 0.0983. The monoisotopic (exact) mass is 237 g/mol. The highest BCUT2D eigenvalue weighted by molar-refractivity contribution is 7.86. The first-order valence-corrected chi connectivity index (χ1v) is 6.10. The van der Waals surface area contributed by atoms with Gasteiger partial charge in [-0.25, -0.2) is 0 Å². The molecule has 0 amide bonds. The maximum Gasteiger partial charge on any atom is 0.297 e. The van der Waals surface area contributed by atoms with Crippen LogP contribution in [0.25, 0.3) is 10.8 Å². The van der Waals surface area contributed by atoms with Crippen LogP contribution < -0.4 is 5.73 Å². The molecule has 0 unspecified atom stereocenters. The normalized spacial score (nSPS) is 11.9. The fraction of sp³-hybridized carbons (Fsp3) is 0.0909. The van der Waals surface area contributed by atoms with Crippen LogP contribution in [0.1, 0.15) is 5.56 Å². The predicted molar refractivity (Wildman–Crippen MR) is 62.9 cm³/mol. The van der Waals surface area contributed by atoms with Crippen molar-refractivity contribution in [2.75, 3.05) is 5.73 Å². The molecule has 0 radical (unpaired) electrons. The SMILES string of the molecule is Cc1cc2ccccc2c(S(=O)(=O)O)c1N. The van der Waals surface area contributed by atoms with Gasteiger partial charge in [-0.05, 0) is 23.9 Å². The third-order valence-corrected chi connectivity index (χ3v) is 3.46. The topological polar surface area (TPSA) is 80.4 Å². The van der Waals surface area contributed by atoms with Crippen LogP contribution in [0.3, 0.4) is 0 Å². The van der Waals surface area contributed by atoms with Crippen molar-refractivity contribution >= 4 is 26.6 Å². The summed E-state index contributed by atoms with van der Waals surface area (Å²) >= 11 is 0. The van der Waals surface area contributed by atoms with E-state index in [4.69, 9.17) is 5.73 Å². The first-order valence-electron chi connectivity index (χ1n) is 4.66. The Kier molecular flexibility index (Phi) is 2.36. The van der Waals surface area contributed by atoms with Gasteiger partial charge in [0.2, 0.25) is 0 Å². The van der Waals surface area contributed by atoms with E-state index in [-0.39, 0.29) is 10.6 Å². The van der Waals surface area contributed by atoms with Crippen LogP contribution in [0.2, 0.25) is 0 Å². The third-order valence-electron chi connectivity index (χ3n) is 2.50. The molecule has 0 aliphatic heterocycles. The zero-order chi connectivity index (χ0) is 11.9. The summed E-state index contributed by atoms with van der Waals surface area (Å²) in [5.74, 6) is 0. The Morgan fingerprint density at radius 1 is 1.25 bits per heavy atom. The average Bonchev–Trinajstić information content (AvgIpc) is 2.17. The van der Waals surface area contributed by atoms with E-state index in [2.05, 4.69) is 0 Å². The number of nitrogens with two attached hydrogens (primary N) is 1. The van der Waals surface area contributed by atoms with Crippen LogP contribution in [0.15, 0.2) is 35.2 Å². The summed E-state index contributed by atoms with van der Waals surface area (Å²) in [4.78, 5) is -0.205. The Morgan fingerprint density at radius 3 is 2.50 bits per heavy atom. The number of anilines is 1. The van der Waals surface area contributed by atoms with Crippen molar-refractivity contribution in [3.05, 3.63) is 35.9 Å². The van der Waals surface area contributed by atoms with Crippen molar-refractivity contribution in [1.29, 1.82) is 0 Å². The molecular formula is C11H11NO3S. The molecule has 0 saturated heterocycles. The highest BCUT2D eigenvalue weighted by atomic mass is 32.2. The number of hydrogen-bond acceptors (Lipinski definition) is 3. The highest BCUT2D eigenvalue weighted by Crippen LogP contribution is 2.31. The lowest BCUT2D eigenvalue weighted by Crippen LogP contribution is -2.05. The largest absolute Gasteiger partial charge is 0.397 e. The molecule has 3 N–H and O–H groups in total. The number of hydrogen-bond donors (Lipinski definition) is 2.